The summed E-state index contributed by atoms with van der Waals surface area (Å²) in [4.78, 5) is 23.5. The predicted octanol–water partition coefficient (Wildman–Crippen LogP) is 2.78. The van der Waals surface area contributed by atoms with Gasteiger partial charge in [-0.1, -0.05) is 23.7 Å². The highest BCUT2D eigenvalue weighted by atomic mass is 35.5. The molecule has 0 unspecified atom stereocenters. The van der Waals surface area contributed by atoms with Crippen molar-refractivity contribution in [2.45, 2.75) is 26.6 Å². The molecule has 0 radical (unpaired) electrons. The molecule has 106 valence electrons. The molecule has 6 heteroatoms. The maximum absolute atomic E-state index is 11.7. The van der Waals surface area contributed by atoms with Crippen LogP contribution in [0.4, 0.5) is 5.69 Å². The molecule has 1 saturated heterocycles. The lowest BCUT2D eigenvalue weighted by atomic mass is 10.2. The molecule has 0 amide bonds. The Morgan fingerprint density at radius 3 is 2.35 bits per heavy atom. The number of ether oxygens (including phenoxy) is 2. The van der Waals surface area contributed by atoms with E-state index in [1.165, 1.54) is 20.0 Å². The van der Waals surface area contributed by atoms with Crippen LogP contribution in [0.2, 0.25) is 5.02 Å². The minimum absolute atomic E-state index is 0.205. The number of carbonyl (C=O) groups excluding carboxylic acids is 2. The predicted molar refractivity (Wildman–Crippen MR) is 74.2 cm³/mol. The Hall–Kier alpha value is -2.01. The van der Waals surface area contributed by atoms with Crippen molar-refractivity contribution in [1.29, 1.82) is 0 Å². The number of benzene rings is 1. The third-order valence-electron chi connectivity index (χ3n) is 2.70. The zero-order valence-corrected chi connectivity index (χ0v) is 12.1. The molecule has 0 spiro atoms. The normalized spacial score (nSPS) is 17.3. The standard InChI is InChI=1S/C14H14ClNO4/c1-8-5-4-6-10(15)11(8)16-7-9-12(17)19-14(2,3)20-13(9)18/h4-7,16H,1-3H3. The summed E-state index contributed by atoms with van der Waals surface area (Å²) >= 11 is 6.04. The molecule has 1 fully saturated rings. The van der Waals surface area contributed by atoms with Crippen molar-refractivity contribution in [3.05, 3.63) is 40.6 Å². The van der Waals surface area contributed by atoms with Gasteiger partial charge in [0.05, 0.1) is 10.7 Å². The summed E-state index contributed by atoms with van der Waals surface area (Å²) in [6, 6.07) is 5.37. The first-order chi connectivity index (χ1) is 9.30. The second-order valence-corrected chi connectivity index (χ2v) is 5.22. The molecule has 0 aromatic heterocycles. The second kappa shape index (κ2) is 5.17. The van der Waals surface area contributed by atoms with Gasteiger partial charge >= 0.3 is 11.9 Å². The molecule has 0 atom stereocenters. The lowest BCUT2D eigenvalue weighted by Gasteiger charge is -2.29. The van der Waals surface area contributed by atoms with Gasteiger partial charge in [0.15, 0.2) is 5.57 Å². The van der Waals surface area contributed by atoms with Crippen LogP contribution in [-0.2, 0) is 19.1 Å². The number of halogens is 1. The summed E-state index contributed by atoms with van der Waals surface area (Å²) in [6.45, 7) is 4.84. The van der Waals surface area contributed by atoms with Crippen LogP contribution in [0.3, 0.4) is 0 Å². The Morgan fingerprint density at radius 1 is 1.20 bits per heavy atom. The molecule has 2 rings (SSSR count). The van der Waals surface area contributed by atoms with E-state index in [0.717, 1.165) is 5.56 Å². The van der Waals surface area contributed by atoms with Crippen LogP contribution in [-0.4, -0.2) is 17.7 Å². The number of hydrogen-bond donors (Lipinski definition) is 1. The van der Waals surface area contributed by atoms with Crippen molar-refractivity contribution in [2.24, 2.45) is 0 Å². The van der Waals surface area contributed by atoms with Crippen LogP contribution in [0, 0.1) is 6.92 Å². The number of rotatable bonds is 2. The van der Waals surface area contributed by atoms with Crippen LogP contribution in [0.15, 0.2) is 30.0 Å². The highest BCUT2D eigenvalue weighted by Crippen LogP contribution is 2.27. The molecule has 5 nitrogen and oxygen atoms in total. The van der Waals surface area contributed by atoms with Gasteiger partial charge in [-0.3, -0.25) is 0 Å². The number of para-hydroxylation sites is 1. The zero-order chi connectivity index (χ0) is 14.9. The van der Waals surface area contributed by atoms with Gasteiger partial charge in [0.25, 0.3) is 5.79 Å². The van der Waals surface area contributed by atoms with E-state index in [4.69, 9.17) is 21.1 Å². The topological polar surface area (TPSA) is 64.6 Å². The SMILES string of the molecule is Cc1cccc(Cl)c1NC=C1C(=O)OC(C)(C)OC1=O. The van der Waals surface area contributed by atoms with Gasteiger partial charge in [-0.2, -0.15) is 0 Å². The Bertz CT molecular complexity index is 565. The number of cyclic esters (lactones) is 2. The van der Waals surface area contributed by atoms with Crippen molar-refractivity contribution in [3.8, 4) is 0 Å². The molecule has 1 heterocycles. The van der Waals surface area contributed by atoms with Gasteiger partial charge in [0, 0.05) is 20.0 Å². The Kier molecular flexibility index (Phi) is 3.72. The third-order valence-corrected chi connectivity index (χ3v) is 3.01. The van der Waals surface area contributed by atoms with Crippen LogP contribution >= 0.6 is 11.6 Å². The highest BCUT2D eigenvalue weighted by molar-refractivity contribution is 6.33. The molecule has 1 aliphatic heterocycles. The maximum atomic E-state index is 11.7. The Labute approximate surface area is 121 Å². The van der Waals surface area contributed by atoms with Gasteiger partial charge in [0.2, 0.25) is 0 Å². The van der Waals surface area contributed by atoms with Gasteiger partial charge < -0.3 is 14.8 Å². The Balaban J connectivity index is 2.24. The molecule has 1 aromatic carbocycles. The molecular formula is C14H14ClNO4. The number of carbonyl (C=O) groups is 2. The van der Waals surface area contributed by atoms with E-state index in [0.29, 0.717) is 10.7 Å². The summed E-state index contributed by atoms with van der Waals surface area (Å²) in [6.07, 6.45) is 1.24. The van der Waals surface area contributed by atoms with Crippen molar-refractivity contribution in [2.75, 3.05) is 5.32 Å². The molecule has 20 heavy (non-hydrogen) atoms. The van der Waals surface area contributed by atoms with Crippen molar-refractivity contribution in [1.82, 2.24) is 0 Å². The first-order valence-corrected chi connectivity index (χ1v) is 6.36. The molecule has 1 aliphatic rings. The molecule has 1 N–H and O–H groups in total. The first-order valence-electron chi connectivity index (χ1n) is 5.99. The van der Waals surface area contributed by atoms with E-state index >= 15 is 0 Å². The second-order valence-electron chi connectivity index (χ2n) is 4.81. The minimum Gasteiger partial charge on any atom is -0.419 e. The average Bonchev–Trinajstić information content (AvgIpc) is 2.29. The number of nitrogens with one attached hydrogen (secondary N) is 1. The number of esters is 2. The van der Waals surface area contributed by atoms with Gasteiger partial charge in [-0.05, 0) is 18.6 Å². The van der Waals surface area contributed by atoms with Crippen molar-refractivity contribution in [3.63, 3.8) is 0 Å². The van der Waals surface area contributed by atoms with Crippen LogP contribution in [0.1, 0.15) is 19.4 Å². The highest BCUT2D eigenvalue weighted by Gasteiger charge is 2.38. The number of aryl methyl sites for hydroxylation is 1. The number of anilines is 1. The first kappa shape index (κ1) is 14.4. The maximum Gasteiger partial charge on any atom is 0.350 e. The zero-order valence-electron chi connectivity index (χ0n) is 11.3. The van der Waals surface area contributed by atoms with Crippen LogP contribution in [0.5, 0.6) is 0 Å². The van der Waals surface area contributed by atoms with Crippen LogP contribution < -0.4 is 5.32 Å². The summed E-state index contributed by atoms with van der Waals surface area (Å²) in [7, 11) is 0. The van der Waals surface area contributed by atoms with Gasteiger partial charge in [0.1, 0.15) is 0 Å². The Morgan fingerprint density at radius 2 is 1.80 bits per heavy atom. The van der Waals surface area contributed by atoms with Gasteiger partial charge in [-0.25, -0.2) is 9.59 Å². The van der Waals surface area contributed by atoms with Crippen molar-refractivity contribution >= 4 is 29.2 Å². The summed E-state index contributed by atoms with van der Waals surface area (Å²) < 4.78 is 9.96. The molecular weight excluding hydrogens is 282 g/mol. The lowest BCUT2D eigenvalue weighted by molar-refractivity contribution is -0.222. The quantitative estimate of drug-likeness (QED) is 0.516. The van der Waals surface area contributed by atoms with Gasteiger partial charge in [-0.15, -0.1) is 0 Å². The molecule has 0 saturated carbocycles. The molecule has 1 aromatic rings. The molecule has 0 aliphatic carbocycles. The average molecular weight is 296 g/mol. The minimum atomic E-state index is -1.24. The number of hydrogen-bond acceptors (Lipinski definition) is 5. The van der Waals surface area contributed by atoms with Crippen molar-refractivity contribution < 1.29 is 19.1 Å². The summed E-state index contributed by atoms with van der Waals surface area (Å²) in [5.74, 6) is -2.71. The van der Waals surface area contributed by atoms with E-state index in [1.807, 2.05) is 19.1 Å². The lowest BCUT2D eigenvalue weighted by Crippen LogP contribution is -2.42. The molecule has 0 bridgehead atoms. The smallest absolute Gasteiger partial charge is 0.350 e. The monoisotopic (exact) mass is 295 g/mol. The largest absolute Gasteiger partial charge is 0.419 e. The summed E-state index contributed by atoms with van der Waals surface area (Å²) in [5, 5.41) is 3.33. The van der Waals surface area contributed by atoms with E-state index < -0.39 is 17.7 Å². The van der Waals surface area contributed by atoms with E-state index in [2.05, 4.69) is 5.32 Å². The fourth-order valence-corrected chi connectivity index (χ4v) is 2.01. The summed E-state index contributed by atoms with van der Waals surface area (Å²) in [5.41, 5.74) is 1.29. The van der Waals surface area contributed by atoms with Crippen LogP contribution in [0.25, 0.3) is 0 Å². The van der Waals surface area contributed by atoms with E-state index in [-0.39, 0.29) is 5.57 Å². The fraction of sp³-hybridized carbons (Fsp3) is 0.286. The van der Waals surface area contributed by atoms with E-state index in [1.54, 1.807) is 6.07 Å². The van der Waals surface area contributed by atoms with E-state index in [9.17, 15) is 9.59 Å². The third kappa shape index (κ3) is 2.93. The fourth-order valence-electron chi connectivity index (χ4n) is 1.74.